The molecule has 104 valence electrons. The van der Waals surface area contributed by atoms with Gasteiger partial charge in [0.1, 0.15) is 6.04 Å². The van der Waals surface area contributed by atoms with E-state index in [0.717, 1.165) is 13.0 Å². The van der Waals surface area contributed by atoms with E-state index in [2.05, 4.69) is 19.2 Å². The topological polar surface area (TPSA) is 58.6 Å². The molecule has 1 rings (SSSR count). The van der Waals surface area contributed by atoms with E-state index in [9.17, 15) is 9.59 Å². The van der Waals surface area contributed by atoms with Crippen molar-refractivity contribution in [2.24, 2.45) is 5.92 Å². The number of esters is 1. The average Bonchev–Trinajstić information content (AvgIpc) is 2.38. The van der Waals surface area contributed by atoms with Crippen LogP contribution in [0, 0.1) is 5.92 Å². The first kappa shape index (κ1) is 15.0. The second-order valence-electron chi connectivity index (χ2n) is 4.78. The molecular formula is C13H24N2O3. The van der Waals surface area contributed by atoms with Crippen LogP contribution in [0.5, 0.6) is 0 Å². The molecular weight excluding hydrogens is 232 g/mol. The van der Waals surface area contributed by atoms with Crippen molar-refractivity contribution >= 4 is 11.9 Å². The number of nitrogens with zero attached hydrogens (tertiary/aromatic N) is 1. The molecule has 0 radical (unpaired) electrons. The Balaban J connectivity index is 2.63. The molecule has 0 saturated carbocycles. The summed E-state index contributed by atoms with van der Waals surface area (Å²) in [4.78, 5) is 25.7. The van der Waals surface area contributed by atoms with Crippen molar-refractivity contribution in [2.75, 3.05) is 26.2 Å². The van der Waals surface area contributed by atoms with Crippen molar-refractivity contribution in [3.8, 4) is 0 Å². The van der Waals surface area contributed by atoms with E-state index >= 15 is 0 Å². The lowest BCUT2D eigenvalue weighted by Gasteiger charge is -2.35. The van der Waals surface area contributed by atoms with Crippen LogP contribution in [0.25, 0.3) is 0 Å². The van der Waals surface area contributed by atoms with Crippen molar-refractivity contribution in [1.82, 2.24) is 10.2 Å². The molecule has 2 atom stereocenters. The van der Waals surface area contributed by atoms with E-state index in [-0.39, 0.29) is 11.9 Å². The zero-order valence-corrected chi connectivity index (χ0v) is 11.6. The largest absolute Gasteiger partial charge is 0.464 e. The lowest BCUT2D eigenvalue weighted by atomic mass is 10.0. The first-order chi connectivity index (χ1) is 8.60. The van der Waals surface area contributed by atoms with Crippen LogP contribution in [-0.4, -0.2) is 49.1 Å². The van der Waals surface area contributed by atoms with Crippen LogP contribution in [0.3, 0.4) is 0 Å². The Morgan fingerprint density at radius 1 is 1.44 bits per heavy atom. The molecule has 0 aromatic heterocycles. The first-order valence-corrected chi connectivity index (χ1v) is 6.76. The number of hydrogen-bond donors (Lipinski definition) is 1. The van der Waals surface area contributed by atoms with E-state index in [0.29, 0.717) is 32.0 Å². The summed E-state index contributed by atoms with van der Waals surface area (Å²) in [5.74, 6) is 0.112. The van der Waals surface area contributed by atoms with Gasteiger partial charge in [-0.25, -0.2) is 4.79 Å². The Morgan fingerprint density at radius 2 is 2.17 bits per heavy atom. The third-order valence-corrected chi connectivity index (χ3v) is 3.34. The van der Waals surface area contributed by atoms with Gasteiger partial charge in [0.2, 0.25) is 5.91 Å². The summed E-state index contributed by atoms with van der Waals surface area (Å²) in [5, 5.41) is 3.13. The van der Waals surface area contributed by atoms with Gasteiger partial charge < -0.3 is 15.0 Å². The maximum atomic E-state index is 12.2. The molecule has 1 saturated heterocycles. The molecule has 1 N–H and O–H groups in total. The van der Waals surface area contributed by atoms with E-state index in [4.69, 9.17) is 4.74 Å². The van der Waals surface area contributed by atoms with Crippen LogP contribution in [0.4, 0.5) is 0 Å². The number of amides is 1. The number of carbonyl (C=O) groups is 2. The lowest BCUT2D eigenvalue weighted by molar-refractivity contribution is -0.156. The molecule has 5 nitrogen and oxygen atoms in total. The second-order valence-corrected chi connectivity index (χ2v) is 4.78. The third kappa shape index (κ3) is 3.98. The average molecular weight is 256 g/mol. The van der Waals surface area contributed by atoms with E-state index in [1.54, 1.807) is 11.8 Å². The highest BCUT2D eigenvalue weighted by Crippen LogP contribution is 2.13. The first-order valence-electron chi connectivity index (χ1n) is 6.76. The van der Waals surface area contributed by atoms with Gasteiger partial charge in [-0.1, -0.05) is 20.3 Å². The minimum atomic E-state index is -0.463. The van der Waals surface area contributed by atoms with Gasteiger partial charge in [0.25, 0.3) is 0 Å². The molecule has 0 aliphatic carbocycles. The number of rotatable bonds is 5. The molecule has 1 fully saturated rings. The molecule has 0 spiro atoms. The predicted octanol–water partition coefficient (Wildman–Crippen LogP) is 0.786. The van der Waals surface area contributed by atoms with Crippen LogP contribution < -0.4 is 5.32 Å². The normalized spacial score (nSPS) is 21.5. The van der Waals surface area contributed by atoms with Crippen LogP contribution in [0.15, 0.2) is 0 Å². The smallest absolute Gasteiger partial charge is 0.330 e. The highest BCUT2D eigenvalue weighted by atomic mass is 16.5. The highest BCUT2D eigenvalue weighted by molar-refractivity contribution is 5.85. The fourth-order valence-corrected chi connectivity index (χ4v) is 2.01. The molecule has 1 aliphatic rings. The van der Waals surface area contributed by atoms with Crippen molar-refractivity contribution in [2.45, 2.75) is 39.7 Å². The highest BCUT2D eigenvalue weighted by Gasteiger charge is 2.33. The summed E-state index contributed by atoms with van der Waals surface area (Å²) in [6.45, 7) is 8.06. The summed E-state index contributed by atoms with van der Waals surface area (Å²) >= 11 is 0. The zero-order chi connectivity index (χ0) is 13.5. The van der Waals surface area contributed by atoms with Crippen molar-refractivity contribution in [3.63, 3.8) is 0 Å². The summed E-state index contributed by atoms with van der Waals surface area (Å²) in [6, 6.07) is -0.463. The maximum Gasteiger partial charge on any atom is 0.330 e. The quantitative estimate of drug-likeness (QED) is 0.739. The van der Waals surface area contributed by atoms with Crippen LogP contribution in [-0.2, 0) is 14.3 Å². The van der Waals surface area contributed by atoms with Gasteiger partial charge in [-0.05, 0) is 12.8 Å². The number of ether oxygens (including phenoxy) is 1. The number of nitrogens with one attached hydrogen (secondary N) is 1. The molecule has 1 amide bonds. The zero-order valence-electron chi connectivity index (χ0n) is 11.6. The summed E-state index contributed by atoms with van der Waals surface area (Å²) in [7, 11) is 0. The van der Waals surface area contributed by atoms with Crippen LogP contribution >= 0.6 is 0 Å². The Morgan fingerprint density at radius 3 is 2.78 bits per heavy atom. The molecule has 2 unspecified atom stereocenters. The summed E-state index contributed by atoms with van der Waals surface area (Å²) in [6.07, 6.45) is 1.48. The molecule has 1 aliphatic heterocycles. The summed E-state index contributed by atoms with van der Waals surface area (Å²) in [5.41, 5.74) is 0. The Bertz CT molecular complexity index is 294. The third-order valence-electron chi connectivity index (χ3n) is 3.34. The Kier molecular flexibility index (Phi) is 6.12. The molecule has 5 heteroatoms. The SMILES string of the molecule is CCOC(=O)C1CNCCN1C(=O)CC(C)CC. The predicted molar refractivity (Wildman–Crippen MR) is 69.1 cm³/mol. The monoisotopic (exact) mass is 256 g/mol. The lowest BCUT2D eigenvalue weighted by Crippen LogP contribution is -2.57. The van der Waals surface area contributed by atoms with E-state index < -0.39 is 6.04 Å². The molecule has 1 heterocycles. The van der Waals surface area contributed by atoms with Gasteiger partial charge in [0.15, 0.2) is 0 Å². The van der Waals surface area contributed by atoms with Crippen molar-refractivity contribution in [3.05, 3.63) is 0 Å². The minimum absolute atomic E-state index is 0.0592. The number of hydrogen-bond acceptors (Lipinski definition) is 4. The van der Waals surface area contributed by atoms with Gasteiger partial charge in [-0.3, -0.25) is 4.79 Å². The number of piperazine rings is 1. The Labute approximate surface area is 109 Å². The molecule has 18 heavy (non-hydrogen) atoms. The summed E-state index contributed by atoms with van der Waals surface area (Å²) < 4.78 is 5.02. The molecule has 0 aromatic carbocycles. The fourth-order valence-electron chi connectivity index (χ4n) is 2.01. The Hall–Kier alpha value is -1.10. The van der Waals surface area contributed by atoms with Gasteiger partial charge >= 0.3 is 5.97 Å². The van der Waals surface area contributed by atoms with Gasteiger partial charge in [-0.15, -0.1) is 0 Å². The van der Waals surface area contributed by atoms with Crippen LogP contribution in [0.2, 0.25) is 0 Å². The van der Waals surface area contributed by atoms with Crippen molar-refractivity contribution in [1.29, 1.82) is 0 Å². The number of carbonyl (C=O) groups excluding carboxylic acids is 2. The standard InChI is InChI=1S/C13H24N2O3/c1-4-10(3)8-12(16)15-7-6-14-9-11(15)13(17)18-5-2/h10-11,14H,4-9H2,1-3H3. The fraction of sp³-hybridized carbons (Fsp3) is 0.846. The molecule has 0 aromatic rings. The van der Waals surface area contributed by atoms with Gasteiger partial charge in [0, 0.05) is 26.1 Å². The van der Waals surface area contributed by atoms with Crippen molar-refractivity contribution < 1.29 is 14.3 Å². The molecule has 0 bridgehead atoms. The van der Waals surface area contributed by atoms with E-state index in [1.807, 2.05) is 0 Å². The maximum absolute atomic E-state index is 12.2. The van der Waals surface area contributed by atoms with Crippen LogP contribution in [0.1, 0.15) is 33.6 Å². The van der Waals surface area contributed by atoms with E-state index in [1.165, 1.54) is 0 Å². The van der Waals surface area contributed by atoms with Gasteiger partial charge in [0.05, 0.1) is 6.61 Å². The second kappa shape index (κ2) is 7.36. The minimum Gasteiger partial charge on any atom is -0.464 e. The van der Waals surface area contributed by atoms with Gasteiger partial charge in [-0.2, -0.15) is 0 Å².